The molecule has 166 valence electrons. The van der Waals surface area contributed by atoms with E-state index in [0.717, 1.165) is 29.8 Å². The van der Waals surface area contributed by atoms with Gasteiger partial charge in [0.05, 0.1) is 17.7 Å². The van der Waals surface area contributed by atoms with Crippen molar-refractivity contribution in [2.24, 2.45) is 0 Å². The first-order chi connectivity index (χ1) is 15.6. The zero-order valence-corrected chi connectivity index (χ0v) is 18.1. The second-order valence-electron chi connectivity index (χ2n) is 8.23. The summed E-state index contributed by atoms with van der Waals surface area (Å²) in [4.78, 5) is 38.2. The molecule has 2 amide bonds. The number of nitrogens with zero attached hydrogens (tertiary/aromatic N) is 4. The van der Waals surface area contributed by atoms with Gasteiger partial charge < -0.3 is 25.2 Å². The second-order valence-corrected chi connectivity index (χ2v) is 8.23. The summed E-state index contributed by atoms with van der Waals surface area (Å²) in [7, 11) is 0. The highest BCUT2D eigenvalue weighted by Crippen LogP contribution is 2.37. The van der Waals surface area contributed by atoms with Crippen LogP contribution in [0.3, 0.4) is 0 Å². The molecule has 0 radical (unpaired) electrons. The van der Waals surface area contributed by atoms with Gasteiger partial charge in [-0.25, -0.2) is 9.97 Å². The first-order valence-electron chi connectivity index (χ1n) is 11.0. The monoisotopic (exact) mass is 434 g/mol. The summed E-state index contributed by atoms with van der Waals surface area (Å²) in [5.74, 6) is 1.93. The van der Waals surface area contributed by atoms with E-state index < -0.39 is 0 Å². The number of piperazine rings is 1. The highest BCUT2D eigenvalue weighted by molar-refractivity contribution is 6.32. The van der Waals surface area contributed by atoms with E-state index in [1.54, 1.807) is 6.20 Å². The van der Waals surface area contributed by atoms with Crippen molar-refractivity contribution >= 4 is 34.7 Å². The smallest absolute Gasteiger partial charge is 0.259 e. The van der Waals surface area contributed by atoms with E-state index in [1.165, 1.54) is 6.33 Å². The van der Waals surface area contributed by atoms with Crippen molar-refractivity contribution < 1.29 is 14.3 Å². The van der Waals surface area contributed by atoms with E-state index in [4.69, 9.17) is 4.74 Å². The molecule has 0 saturated carbocycles. The zero-order valence-electron chi connectivity index (χ0n) is 18.1. The van der Waals surface area contributed by atoms with Gasteiger partial charge in [-0.05, 0) is 31.4 Å². The van der Waals surface area contributed by atoms with E-state index in [0.29, 0.717) is 62.0 Å². The molecule has 4 bridgehead atoms. The average molecular weight is 435 g/mol. The van der Waals surface area contributed by atoms with Crippen LogP contribution in [0, 0.1) is 6.92 Å². The summed E-state index contributed by atoms with van der Waals surface area (Å²) in [5.41, 5.74) is 3.07. The summed E-state index contributed by atoms with van der Waals surface area (Å²) >= 11 is 0. The molecule has 6 rings (SSSR count). The molecule has 2 N–H and O–H groups in total. The number of amides is 2. The topological polar surface area (TPSA) is 99.7 Å². The third-order valence-corrected chi connectivity index (χ3v) is 6.14. The molecule has 4 aliphatic heterocycles. The molecule has 1 fully saturated rings. The SMILES string of the molecule is Cc1ccc2cc1N/C=C1\C(=O)Nc3ncnc(c31)N1CCN(CC1)C(=O)CCCCO2. The zero-order chi connectivity index (χ0) is 22.1. The fraction of sp³-hybridized carbons (Fsp3) is 0.391. The number of carbonyl (C=O) groups is 2. The number of fused-ring (bicyclic) bond motifs is 8. The standard InChI is InChI=1S/C23H26N6O3/c1-15-5-6-16-12-18(15)24-13-17-20-21(27-23(17)31)25-14-26-22(20)29-9-7-28(8-10-29)19(30)4-2-3-11-32-16/h5-6,12-14,24H,2-4,7-11H2,1H3,(H,25,26,27,31)/b17-13-. The van der Waals surface area contributed by atoms with Gasteiger partial charge in [-0.3, -0.25) is 9.59 Å². The summed E-state index contributed by atoms with van der Waals surface area (Å²) in [6, 6.07) is 5.83. The van der Waals surface area contributed by atoms with Gasteiger partial charge in [0.25, 0.3) is 5.91 Å². The molecule has 9 nitrogen and oxygen atoms in total. The van der Waals surface area contributed by atoms with Crippen molar-refractivity contribution in [1.29, 1.82) is 0 Å². The third-order valence-electron chi connectivity index (χ3n) is 6.14. The summed E-state index contributed by atoms with van der Waals surface area (Å²) in [6.07, 6.45) is 5.33. The molecule has 0 aliphatic carbocycles. The Hall–Kier alpha value is -3.62. The molecule has 2 aromatic rings. The molecule has 1 aromatic heterocycles. The molecule has 4 aliphatic rings. The fourth-order valence-electron chi connectivity index (χ4n) is 4.28. The van der Waals surface area contributed by atoms with E-state index in [9.17, 15) is 9.59 Å². The number of ether oxygens (including phenoxy) is 1. The predicted molar refractivity (Wildman–Crippen MR) is 122 cm³/mol. The number of nitrogens with one attached hydrogen (secondary N) is 2. The number of aromatic nitrogens is 2. The van der Waals surface area contributed by atoms with Crippen LogP contribution in [0.4, 0.5) is 17.3 Å². The van der Waals surface area contributed by atoms with Crippen LogP contribution in [-0.2, 0) is 9.59 Å². The second kappa shape index (κ2) is 8.49. The fourth-order valence-corrected chi connectivity index (χ4v) is 4.28. The first-order valence-corrected chi connectivity index (χ1v) is 11.0. The molecule has 1 aromatic carbocycles. The summed E-state index contributed by atoms with van der Waals surface area (Å²) < 4.78 is 5.89. The highest BCUT2D eigenvalue weighted by atomic mass is 16.5. The minimum atomic E-state index is -0.220. The molecule has 0 unspecified atom stereocenters. The number of benzene rings is 1. The largest absolute Gasteiger partial charge is 0.494 e. The van der Waals surface area contributed by atoms with E-state index in [-0.39, 0.29) is 11.8 Å². The lowest BCUT2D eigenvalue weighted by Crippen LogP contribution is -2.49. The number of carbonyl (C=O) groups excluding carboxylic acids is 2. The molecule has 0 spiro atoms. The lowest BCUT2D eigenvalue weighted by atomic mass is 10.1. The molecule has 32 heavy (non-hydrogen) atoms. The van der Waals surface area contributed by atoms with Crippen LogP contribution >= 0.6 is 0 Å². The molecule has 1 saturated heterocycles. The van der Waals surface area contributed by atoms with Gasteiger partial charge in [0.15, 0.2) is 0 Å². The number of rotatable bonds is 0. The van der Waals surface area contributed by atoms with Gasteiger partial charge in [0.2, 0.25) is 5.91 Å². The maximum absolute atomic E-state index is 12.7. The Kier molecular flexibility index (Phi) is 5.38. The Morgan fingerprint density at radius 3 is 2.69 bits per heavy atom. The van der Waals surface area contributed by atoms with Gasteiger partial charge in [0.1, 0.15) is 23.7 Å². The van der Waals surface area contributed by atoms with Gasteiger partial charge in [-0.2, -0.15) is 0 Å². The number of aryl methyl sites for hydroxylation is 1. The van der Waals surface area contributed by atoms with Crippen molar-refractivity contribution in [3.8, 4) is 5.75 Å². The van der Waals surface area contributed by atoms with Crippen molar-refractivity contribution in [2.45, 2.75) is 26.2 Å². The van der Waals surface area contributed by atoms with Crippen molar-refractivity contribution in [3.05, 3.63) is 41.9 Å². The average Bonchev–Trinajstić information content (AvgIpc) is 3.13. The molecule has 5 heterocycles. The van der Waals surface area contributed by atoms with Crippen molar-refractivity contribution in [2.75, 3.05) is 48.3 Å². The minimum absolute atomic E-state index is 0.179. The normalized spacial score (nSPS) is 20.3. The molecular weight excluding hydrogens is 408 g/mol. The summed E-state index contributed by atoms with van der Waals surface area (Å²) in [5, 5.41) is 6.12. The Morgan fingerprint density at radius 1 is 1.03 bits per heavy atom. The van der Waals surface area contributed by atoms with Gasteiger partial charge in [0, 0.05) is 50.6 Å². The van der Waals surface area contributed by atoms with Gasteiger partial charge >= 0.3 is 0 Å². The first kappa shape index (κ1) is 20.3. The maximum atomic E-state index is 12.7. The van der Waals surface area contributed by atoms with Crippen LogP contribution < -0.4 is 20.3 Å². The number of anilines is 3. The Bertz CT molecular complexity index is 1090. The van der Waals surface area contributed by atoms with Gasteiger partial charge in [-0.15, -0.1) is 0 Å². The van der Waals surface area contributed by atoms with E-state index >= 15 is 0 Å². The van der Waals surface area contributed by atoms with Crippen LogP contribution in [0.15, 0.2) is 30.7 Å². The Labute approximate surface area is 186 Å². The van der Waals surface area contributed by atoms with Crippen molar-refractivity contribution in [3.63, 3.8) is 0 Å². The van der Waals surface area contributed by atoms with Crippen LogP contribution in [0.25, 0.3) is 5.57 Å². The van der Waals surface area contributed by atoms with Crippen molar-refractivity contribution in [1.82, 2.24) is 14.9 Å². The van der Waals surface area contributed by atoms with Crippen LogP contribution in [0.5, 0.6) is 5.75 Å². The molecular formula is C23H26N6O3. The Balaban J connectivity index is 1.53. The third kappa shape index (κ3) is 3.86. The minimum Gasteiger partial charge on any atom is -0.494 e. The predicted octanol–water partition coefficient (Wildman–Crippen LogP) is 2.40. The summed E-state index contributed by atoms with van der Waals surface area (Å²) in [6.45, 7) is 5.15. The number of hydrogen-bond acceptors (Lipinski definition) is 7. The quantitative estimate of drug-likeness (QED) is 0.657. The van der Waals surface area contributed by atoms with Crippen LogP contribution in [-0.4, -0.2) is 59.5 Å². The molecule has 9 heteroatoms. The lowest BCUT2D eigenvalue weighted by Gasteiger charge is -2.36. The van der Waals surface area contributed by atoms with Crippen LogP contribution in [0.2, 0.25) is 0 Å². The van der Waals surface area contributed by atoms with E-state index in [1.807, 2.05) is 30.0 Å². The van der Waals surface area contributed by atoms with E-state index in [2.05, 4.69) is 25.5 Å². The highest BCUT2D eigenvalue weighted by Gasteiger charge is 2.32. The number of hydrogen-bond donors (Lipinski definition) is 2. The lowest BCUT2D eigenvalue weighted by molar-refractivity contribution is -0.131. The van der Waals surface area contributed by atoms with Crippen LogP contribution in [0.1, 0.15) is 30.4 Å². The Morgan fingerprint density at radius 2 is 1.84 bits per heavy atom. The molecule has 0 atom stereocenters. The maximum Gasteiger partial charge on any atom is 0.259 e. The van der Waals surface area contributed by atoms with Gasteiger partial charge in [-0.1, -0.05) is 6.07 Å².